The Hall–Kier alpha value is -3.29. The predicted molar refractivity (Wildman–Crippen MR) is 192 cm³/mol. The Morgan fingerprint density at radius 3 is 2.29 bits per heavy atom. The average Bonchev–Trinajstić information content (AvgIpc) is 3.06. The fourth-order valence-electron chi connectivity index (χ4n) is 7.01. The van der Waals surface area contributed by atoms with Crippen molar-refractivity contribution in [3.05, 3.63) is 59.4 Å². The first-order valence-corrected chi connectivity index (χ1v) is 17.7. The van der Waals surface area contributed by atoms with E-state index < -0.39 is 72.1 Å². The quantitative estimate of drug-likeness (QED) is 0.187. The fourth-order valence-corrected chi connectivity index (χ4v) is 7.01. The average molecular weight is 720 g/mol. The standard InChI is InChI=1S/C39H61NO11/c1-21(2)36-26(7)31(49-33(42)16-15-32(40)41)20-39(46,51-36)28(9)35(44)27(8)37-29(47-10)14-12-13-22(3)17-24(5)34(43)25(6)18-23(4)19-30(48-11)38(45)50-37/h12-16,18-19,21,24-29,31,34-37,43-44,46H,17,20H2,1-11H3,(H2,40,41). The van der Waals surface area contributed by atoms with Gasteiger partial charge in [0.25, 0.3) is 0 Å². The Kier molecular flexibility index (Phi) is 16.8. The summed E-state index contributed by atoms with van der Waals surface area (Å²) < 4.78 is 29.2. The summed E-state index contributed by atoms with van der Waals surface area (Å²) >= 11 is 0. The highest BCUT2D eigenvalue weighted by atomic mass is 16.6. The van der Waals surface area contributed by atoms with E-state index in [4.69, 9.17) is 29.4 Å². The van der Waals surface area contributed by atoms with Crippen LogP contribution in [0.2, 0.25) is 0 Å². The normalized spacial score (nSPS) is 33.4. The van der Waals surface area contributed by atoms with Crippen molar-refractivity contribution in [2.75, 3.05) is 14.2 Å². The second-order valence-corrected chi connectivity index (χ2v) is 14.7. The summed E-state index contributed by atoms with van der Waals surface area (Å²) in [6.07, 6.45) is 5.90. The molecule has 12 heteroatoms. The molecule has 1 saturated heterocycles. The predicted octanol–water partition coefficient (Wildman–Crippen LogP) is 4.29. The van der Waals surface area contributed by atoms with E-state index in [-0.39, 0.29) is 35.9 Å². The molecule has 0 aromatic rings. The van der Waals surface area contributed by atoms with Crippen molar-refractivity contribution < 1.29 is 53.4 Å². The Morgan fingerprint density at radius 1 is 1.08 bits per heavy atom. The SMILES string of the molecule is COC1=CC(C)=CC(C)C(O)C(C)CC(C)=CC=CC(OC)C(C(C)C(O)C(C)C2(O)CC(OC(=O)C=CC(N)=O)C(C)C(C(C)C)O2)OC1=O. The molecule has 0 aromatic carbocycles. The van der Waals surface area contributed by atoms with Gasteiger partial charge >= 0.3 is 11.9 Å². The first-order valence-electron chi connectivity index (χ1n) is 17.7. The van der Waals surface area contributed by atoms with Gasteiger partial charge in [0.2, 0.25) is 11.7 Å². The molecule has 1 amide bonds. The number of aliphatic hydroxyl groups excluding tert-OH is 2. The van der Waals surface area contributed by atoms with Crippen LogP contribution in [0.15, 0.2) is 59.4 Å². The van der Waals surface area contributed by atoms with Crippen LogP contribution in [0.3, 0.4) is 0 Å². The number of primary amides is 1. The number of nitrogens with two attached hydrogens (primary N) is 1. The Morgan fingerprint density at radius 2 is 1.73 bits per heavy atom. The highest BCUT2D eigenvalue weighted by molar-refractivity contribution is 5.93. The molecule has 1 fully saturated rings. The number of rotatable bonds is 10. The maximum absolute atomic E-state index is 13.6. The molecule has 288 valence electrons. The van der Waals surface area contributed by atoms with Gasteiger partial charge in [-0.3, -0.25) is 4.79 Å². The smallest absolute Gasteiger partial charge is 0.373 e. The van der Waals surface area contributed by atoms with E-state index in [2.05, 4.69) is 0 Å². The zero-order valence-corrected chi connectivity index (χ0v) is 32.1. The van der Waals surface area contributed by atoms with E-state index in [1.54, 1.807) is 32.9 Å². The van der Waals surface area contributed by atoms with Crippen LogP contribution >= 0.6 is 0 Å². The summed E-state index contributed by atoms with van der Waals surface area (Å²) in [7, 11) is 2.82. The molecule has 0 saturated carbocycles. The van der Waals surface area contributed by atoms with Crippen molar-refractivity contribution >= 4 is 17.8 Å². The van der Waals surface area contributed by atoms with Gasteiger partial charge in [0.05, 0.1) is 25.4 Å². The van der Waals surface area contributed by atoms with Crippen LogP contribution in [0.25, 0.3) is 0 Å². The van der Waals surface area contributed by atoms with Crippen LogP contribution in [-0.2, 0) is 38.1 Å². The molecule has 5 N–H and O–H groups in total. The zero-order valence-electron chi connectivity index (χ0n) is 32.1. The lowest BCUT2D eigenvalue weighted by Crippen LogP contribution is -2.59. The number of cyclic esters (lactones) is 1. The van der Waals surface area contributed by atoms with Crippen LogP contribution < -0.4 is 5.73 Å². The van der Waals surface area contributed by atoms with Crippen molar-refractivity contribution in [2.24, 2.45) is 41.2 Å². The number of hydrogen-bond donors (Lipinski definition) is 4. The highest BCUT2D eigenvalue weighted by Crippen LogP contribution is 2.42. The number of allylic oxidation sites excluding steroid dienone is 5. The number of ether oxygens (including phenoxy) is 5. The number of hydrogen-bond acceptors (Lipinski definition) is 11. The number of carbonyl (C=O) groups excluding carboxylic acids is 3. The van der Waals surface area contributed by atoms with Crippen molar-refractivity contribution in [1.82, 2.24) is 0 Å². The lowest BCUT2D eigenvalue weighted by molar-refractivity contribution is -0.329. The van der Waals surface area contributed by atoms with Crippen LogP contribution in [0, 0.1) is 35.5 Å². The monoisotopic (exact) mass is 719 g/mol. The van der Waals surface area contributed by atoms with Gasteiger partial charge in [-0.05, 0) is 38.2 Å². The number of aliphatic hydroxyl groups is 3. The van der Waals surface area contributed by atoms with Crippen molar-refractivity contribution in [3.8, 4) is 0 Å². The van der Waals surface area contributed by atoms with Crippen molar-refractivity contribution in [2.45, 2.75) is 118 Å². The zero-order chi connectivity index (χ0) is 38.8. The minimum Gasteiger partial charge on any atom is -0.490 e. The third-order valence-corrected chi connectivity index (χ3v) is 10.1. The molecule has 12 nitrogen and oxygen atoms in total. The molecule has 0 bridgehead atoms. The largest absolute Gasteiger partial charge is 0.490 e. The van der Waals surface area contributed by atoms with E-state index in [0.29, 0.717) is 12.0 Å². The minimum absolute atomic E-state index is 0.0408. The molecule has 0 aromatic heterocycles. The summed E-state index contributed by atoms with van der Waals surface area (Å²) in [5.74, 6) is -6.96. The maximum Gasteiger partial charge on any atom is 0.373 e. The Balaban J connectivity index is 2.55. The van der Waals surface area contributed by atoms with Gasteiger partial charge in [-0.25, -0.2) is 9.59 Å². The Bertz CT molecular complexity index is 1350. The molecular weight excluding hydrogens is 658 g/mol. The van der Waals surface area contributed by atoms with Gasteiger partial charge in [0.1, 0.15) is 18.3 Å². The molecule has 2 rings (SSSR count). The molecule has 12 atom stereocenters. The van der Waals surface area contributed by atoms with Crippen LogP contribution in [0.5, 0.6) is 0 Å². The van der Waals surface area contributed by atoms with Crippen molar-refractivity contribution in [1.29, 1.82) is 0 Å². The van der Waals surface area contributed by atoms with E-state index in [1.165, 1.54) is 20.3 Å². The number of carbonyl (C=O) groups is 3. The summed E-state index contributed by atoms with van der Waals surface area (Å²) in [6.45, 7) is 16.6. The summed E-state index contributed by atoms with van der Waals surface area (Å²) in [5.41, 5.74) is 6.84. The van der Waals surface area contributed by atoms with Gasteiger partial charge in [0.15, 0.2) is 5.79 Å². The molecule has 2 aliphatic rings. The molecule has 0 radical (unpaired) electrons. The summed E-state index contributed by atoms with van der Waals surface area (Å²) in [6, 6.07) is 0. The first-order chi connectivity index (χ1) is 23.8. The van der Waals surface area contributed by atoms with E-state index >= 15 is 0 Å². The minimum atomic E-state index is -1.97. The molecule has 0 aliphatic carbocycles. The highest BCUT2D eigenvalue weighted by Gasteiger charge is 2.53. The molecule has 51 heavy (non-hydrogen) atoms. The molecular formula is C39H61NO11. The lowest BCUT2D eigenvalue weighted by atomic mass is 9.76. The maximum atomic E-state index is 13.6. The van der Waals surface area contributed by atoms with E-state index in [1.807, 2.05) is 53.7 Å². The van der Waals surface area contributed by atoms with Gasteiger partial charge in [0, 0.05) is 49.4 Å². The van der Waals surface area contributed by atoms with Gasteiger partial charge in [-0.2, -0.15) is 0 Å². The number of methoxy groups -OCH3 is 2. The second-order valence-electron chi connectivity index (χ2n) is 14.7. The third kappa shape index (κ3) is 12.1. The topological polar surface area (TPSA) is 184 Å². The molecule has 2 heterocycles. The van der Waals surface area contributed by atoms with Gasteiger partial charge in [-0.15, -0.1) is 0 Å². The number of amides is 1. The molecule has 2 aliphatic heterocycles. The molecule has 0 spiro atoms. The van der Waals surface area contributed by atoms with Crippen LogP contribution in [0.1, 0.15) is 75.2 Å². The summed E-state index contributed by atoms with van der Waals surface area (Å²) in [4.78, 5) is 37.4. The first kappa shape index (κ1) is 43.9. The van der Waals surface area contributed by atoms with Crippen LogP contribution in [0.4, 0.5) is 0 Å². The molecule has 12 unspecified atom stereocenters. The Labute approximate surface area is 303 Å². The fraction of sp³-hybridized carbons (Fsp3) is 0.667. The van der Waals surface area contributed by atoms with Gasteiger partial charge in [-0.1, -0.05) is 83.9 Å². The number of esters is 2. The van der Waals surface area contributed by atoms with E-state index in [9.17, 15) is 29.7 Å². The summed E-state index contributed by atoms with van der Waals surface area (Å²) in [5, 5.41) is 34.9. The van der Waals surface area contributed by atoms with Gasteiger partial charge < -0.3 is 44.7 Å². The van der Waals surface area contributed by atoms with Crippen molar-refractivity contribution in [3.63, 3.8) is 0 Å². The van der Waals surface area contributed by atoms with E-state index in [0.717, 1.165) is 17.7 Å². The second kappa shape index (κ2) is 19.5. The lowest BCUT2D eigenvalue weighted by Gasteiger charge is -2.50. The third-order valence-electron chi connectivity index (χ3n) is 10.1. The van der Waals surface area contributed by atoms with Crippen LogP contribution in [-0.4, -0.2) is 89.8 Å².